The number of sulfonamides is 2. The van der Waals surface area contributed by atoms with E-state index in [4.69, 9.17) is 0 Å². The predicted molar refractivity (Wildman–Crippen MR) is 114 cm³/mol. The third kappa shape index (κ3) is 6.54. The first-order valence-electron chi connectivity index (χ1n) is 9.84. The van der Waals surface area contributed by atoms with Gasteiger partial charge in [0.25, 0.3) is 0 Å². The van der Waals surface area contributed by atoms with E-state index >= 15 is 0 Å². The van der Waals surface area contributed by atoms with Crippen molar-refractivity contribution in [2.45, 2.75) is 23.9 Å². The molecule has 0 saturated heterocycles. The fraction of sp³-hybridized carbons (Fsp3) is 0.300. The van der Waals surface area contributed by atoms with Gasteiger partial charge in [0.15, 0.2) is 0 Å². The van der Waals surface area contributed by atoms with E-state index in [2.05, 4.69) is 0 Å². The van der Waals surface area contributed by atoms with Crippen LogP contribution in [-0.4, -0.2) is 61.4 Å². The van der Waals surface area contributed by atoms with Crippen LogP contribution in [0.5, 0.6) is 0 Å². The first-order valence-corrected chi connectivity index (χ1v) is 12.7. The summed E-state index contributed by atoms with van der Waals surface area (Å²) in [7, 11) is -13.1. The molecule has 0 heterocycles. The molecule has 0 atom stereocenters. The monoisotopic (exact) mass is 560 g/mol. The van der Waals surface area contributed by atoms with Gasteiger partial charge in [0.2, 0.25) is 0 Å². The number of benzene rings is 2. The fourth-order valence-corrected chi connectivity index (χ4v) is 4.63. The van der Waals surface area contributed by atoms with Gasteiger partial charge in [-0.3, -0.25) is 9.59 Å². The van der Waals surface area contributed by atoms with Gasteiger partial charge in [0, 0.05) is 13.1 Å². The highest BCUT2D eigenvalue weighted by atomic mass is 32.2. The Hall–Kier alpha value is -3.14. The first kappa shape index (κ1) is 29.1. The maximum absolute atomic E-state index is 13.2. The highest BCUT2D eigenvalue weighted by molar-refractivity contribution is 7.91. The number of hydrogen-bond acceptors (Lipinski definition) is 6. The van der Waals surface area contributed by atoms with Gasteiger partial charge in [-0.15, -0.1) is 0 Å². The van der Waals surface area contributed by atoms with Crippen LogP contribution in [0.15, 0.2) is 60.7 Å². The third-order valence-electron chi connectivity index (χ3n) is 4.69. The molecule has 0 aromatic heterocycles. The van der Waals surface area contributed by atoms with Crippen LogP contribution in [-0.2, 0) is 42.5 Å². The van der Waals surface area contributed by atoms with Gasteiger partial charge in [-0.25, -0.2) is 8.61 Å². The van der Waals surface area contributed by atoms with Crippen LogP contribution < -0.4 is 0 Å². The maximum Gasteiger partial charge on any atom is 0.516 e. The van der Waals surface area contributed by atoms with Crippen molar-refractivity contribution in [2.24, 2.45) is 0 Å². The van der Waals surface area contributed by atoms with E-state index in [1.54, 1.807) is 0 Å². The fourth-order valence-electron chi connectivity index (χ4n) is 2.88. The van der Waals surface area contributed by atoms with Gasteiger partial charge < -0.3 is 0 Å². The van der Waals surface area contributed by atoms with Crippen LogP contribution in [0.25, 0.3) is 0 Å². The molecule has 0 fully saturated rings. The van der Waals surface area contributed by atoms with Crippen molar-refractivity contribution in [3.05, 3.63) is 71.8 Å². The zero-order valence-electron chi connectivity index (χ0n) is 18.0. The van der Waals surface area contributed by atoms with Gasteiger partial charge in [-0.2, -0.15) is 43.2 Å². The van der Waals surface area contributed by atoms with E-state index in [-0.39, 0.29) is 11.1 Å². The molecule has 0 spiro atoms. The Morgan fingerprint density at radius 2 is 0.861 bits per heavy atom. The first-order chi connectivity index (χ1) is 16.5. The summed E-state index contributed by atoms with van der Waals surface area (Å²) in [6, 6.07) is 14.2. The minimum Gasteiger partial charge on any atom is -0.262 e. The number of amides is 2. The van der Waals surface area contributed by atoms with Crippen LogP contribution in [0.3, 0.4) is 0 Å². The molecule has 0 radical (unpaired) electrons. The number of alkyl halides is 6. The highest BCUT2D eigenvalue weighted by Gasteiger charge is 2.56. The summed E-state index contributed by atoms with van der Waals surface area (Å²) >= 11 is 0. The Bertz CT molecular complexity index is 1180. The SMILES string of the molecule is O=C(C(=O)N(CCc1ccccc1)S(=O)(=O)C(F)(F)F)N(CCc1ccccc1)S(=O)(=O)C(F)(F)F. The molecule has 8 nitrogen and oxygen atoms in total. The van der Waals surface area contributed by atoms with Gasteiger partial charge in [0.05, 0.1) is 0 Å². The predicted octanol–water partition coefficient (Wildman–Crippen LogP) is 2.83. The van der Waals surface area contributed by atoms with Crippen LogP contribution in [0, 0.1) is 0 Å². The summed E-state index contributed by atoms with van der Waals surface area (Å²) in [5, 5.41) is 0. The van der Waals surface area contributed by atoms with Gasteiger partial charge in [-0.1, -0.05) is 60.7 Å². The molecule has 2 aromatic rings. The summed E-state index contributed by atoms with van der Waals surface area (Å²) in [5.74, 6) is -5.21. The number of carbonyl (C=O) groups is 2. The van der Waals surface area contributed by atoms with Crippen LogP contribution in [0.1, 0.15) is 11.1 Å². The van der Waals surface area contributed by atoms with Crippen molar-refractivity contribution in [1.82, 2.24) is 8.61 Å². The normalized spacial score (nSPS) is 12.7. The second-order valence-corrected chi connectivity index (χ2v) is 10.8. The lowest BCUT2D eigenvalue weighted by Crippen LogP contribution is -2.55. The lowest BCUT2D eigenvalue weighted by molar-refractivity contribution is -0.147. The Balaban J connectivity index is 2.47. The quantitative estimate of drug-likeness (QED) is 0.363. The zero-order chi connectivity index (χ0) is 27.4. The lowest BCUT2D eigenvalue weighted by Gasteiger charge is -2.27. The van der Waals surface area contributed by atoms with E-state index < -0.39 is 77.4 Å². The minimum absolute atomic E-state index is 0.226. The highest BCUT2D eigenvalue weighted by Crippen LogP contribution is 2.30. The summed E-state index contributed by atoms with van der Waals surface area (Å²) < 4.78 is 125. The Morgan fingerprint density at radius 1 is 0.583 bits per heavy atom. The maximum atomic E-state index is 13.2. The topological polar surface area (TPSA) is 109 Å². The lowest BCUT2D eigenvalue weighted by atomic mass is 10.1. The smallest absolute Gasteiger partial charge is 0.262 e. The minimum atomic E-state index is -6.57. The molecule has 0 aliphatic carbocycles. The van der Waals surface area contributed by atoms with Crippen molar-refractivity contribution >= 4 is 31.9 Å². The van der Waals surface area contributed by atoms with Gasteiger partial charge in [-0.05, 0) is 24.0 Å². The van der Waals surface area contributed by atoms with Crippen molar-refractivity contribution in [1.29, 1.82) is 0 Å². The molecule has 2 amide bonds. The third-order valence-corrected chi connectivity index (χ3v) is 7.72. The van der Waals surface area contributed by atoms with E-state index in [9.17, 15) is 52.8 Å². The summed E-state index contributed by atoms with van der Waals surface area (Å²) in [6.07, 6.45) is -1.10. The van der Waals surface area contributed by atoms with E-state index in [0.717, 1.165) is 0 Å². The average Bonchev–Trinajstić information content (AvgIpc) is 2.78. The standard InChI is InChI=1S/C20H18F6N2O6S2/c21-19(22,23)35(31,32)27(13-11-15-7-3-1-4-8-15)17(29)18(30)28(36(33,34)20(24,25)26)14-12-16-9-5-2-6-10-16/h1-10H,11-14H2. The molecule has 0 aliphatic heterocycles. The second-order valence-electron chi connectivity index (χ2n) is 7.13. The van der Waals surface area contributed by atoms with E-state index in [0.29, 0.717) is 0 Å². The number of carbonyl (C=O) groups excluding carboxylic acids is 2. The molecule has 0 saturated carbocycles. The second kappa shape index (κ2) is 10.9. The molecular weight excluding hydrogens is 542 g/mol. The number of halogens is 6. The van der Waals surface area contributed by atoms with Crippen LogP contribution in [0.2, 0.25) is 0 Å². The summed E-state index contributed by atoms with van der Waals surface area (Å²) in [4.78, 5) is 25.2. The molecule has 16 heteroatoms. The molecule has 0 N–H and O–H groups in total. The summed E-state index contributed by atoms with van der Waals surface area (Å²) in [5.41, 5.74) is -11.8. The van der Waals surface area contributed by atoms with Crippen molar-refractivity contribution in [2.75, 3.05) is 13.1 Å². The molecular formula is C20H18F6N2O6S2. The molecule has 0 aliphatic rings. The zero-order valence-corrected chi connectivity index (χ0v) is 19.7. The number of hydrogen-bond donors (Lipinski definition) is 0. The van der Waals surface area contributed by atoms with Crippen molar-refractivity contribution in [3.63, 3.8) is 0 Å². The van der Waals surface area contributed by atoms with Crippen LogP contribution >= 0.6 is 0 Å². The molecule has 0 bridgehead atoms. The molecule has 0 unspecified atom stereocenters. The average molecular weight is 560 g/mol. The van der Waals surface area contributed by atoms with E-state index in [1.165, 1.54) is 60.7 Å². The number of rotatable bonds is 8. The van der Waals surface area contributed by atoms with Crippen LogP contribution in [0.4, 0.5) is 26.3 Å². The van der Waals surface area contributed by atoms with Gasteiger partial charge >= 0.3 is 42.9 Å². The Kier molecular flexibility index (Phi) is 8.78. The Morgan fingerprint density at radius 3 is 1.11 bits per heavy atom. The number of nitrogens with zero attached hydrogens (tertiary/aromatic N) is 2. The van der Waals surface area contributed by atoms with Crippen molar-refractivity contribution < 1.29 is 52.8 Å². The molecule has 198 valence electrons. The van der Waals surface area contributed by atoms with Gasteiger partial charge in [0.1, 0.15) is 0 Å². The molecule has 36 heavy (non-hydrogen) atoms. The largest absolute Gasteiger partial charge is 0.516 e. The molecule has 2 rings (SSSR count). The van der Waals surface area contributed by atoms with E-state index in [1.807, 2.05) is 0 Å². The molecule has 2 aromatic carbocycles. The Labute approximate surface area is 202 Å². The van der Waals surface area contributed by atoms with Crippen molar-refractivity contribution in [3.8, 4) is 0 Å². The summed E-state index contributed by atoms with van der Waals surface area (Å²) in [6.45, 7) is -2.59.